The summed E-state index contributed by atoms with van der Waals surface area (Å²) in [6.07, 6.45) is 1.97. The first-order valence-corrected chi connectivity index (χ1v) is 10.6. The van der Waals surface area contributed by atoms with Gasteiger partial charge in [0.1, 0.15) is 11.4 Å². The van der Waals surface area contributed by atoms with E-state index in [0.29, 0.717) is 17.7 Å². The van der Waals surface area contributed by atoms with Crippen LogP contribution < -0.4 is 10.2 Å². The molecule has 1 aliphatic rings. The van der Waals surface area contributed by atoms with Gasteiger partial charge in [0.05, 0.1) is 5.69 Å². The van der Waals surface area contributed by atoms with Gasteiger partial charge in [-0.15, -0.1) is 0 Å². The number of urea groups is 1. The maximum absolute atomic E-state index is 13.5. The van der Waals surface area contributed by atoms with Crippen molar-refractivity contribution in [3.63, 3.8) is 0 Å². The lowest BCUT2D eigenvalue weighted by Gasteiger charge is -2.27. The van der Waals surface area contributed by atoms with Crippen molar-refractivity contribution in [3.05, 3.63) is 105 Å². The molecule has 3 aromatic rings. The molecule has 160 valence electrons. The Hall–Kier alpha value is -3.58. The number of benzene rings is 3. The number of hydrogen-bond acceptors (Lipinski definition) is 3. The summed E-state index contributed by atoms with van der Waals surface area (Å²) in [5.41, 5.74) is 3.36. The second kappa shape index (κ2) is 8.88. The first-order chi connectivity index (χ1) is 15.3. The van der Waals surface area contributed by atoms with E-state index in [1.165, 1.54) is 18.2 Å². The Morgan fingerprint density at radius 1 is 1.00 bits per heavy atom. The Bertz CT molecular complexity index is 1290. The van der Waals surface area contributed by atoms with E-state index >= 15 is 0 Å². The number of anilines is 1. The molecule has 7 heteroatoms. The molecule has 0 radical (unpaired) electrons. The van der Waals surface area contributed by atoms with Gasteiger partial charge in [0.25, 0.3) is 11.8 Å². The minimum Gasteiger partial charge on any atom is -0.273 e. The highest BCUT2D eigenvalue weighted by molar-refractivity contribution is 9.10. The molecule has 0 saturated carbocycles. The van der Waals surface area contributed by atoms with Crippen LogP contribution in [-0.2, 0) is 16.0 Å². The molecule has 0 atom stereocenters. The maximum atomic E-state index is 13.5. The van der Waals surface area contributed by atoms with Gasteiger partial charge in [-0.1, -0.05) is 58.4 Å². The Kier molecular flexibility index (Phi) is 6.01. The van der Waals surface area contributed by atoms with Crippen LogP contribution in [0.5, 0.6) is 0 Å². The number of nitrogens with one attached hydrogen (secondary N) is 1. The summed E-state index contributed by atoms with van der Waals surface area (Å²) in [6, 6.07) is 17.9. The number of carbonyl (C=O) groups excluding carboxylic acids is 3. The predicted octanol–water partition coefficient (Wildman–Crippen LogP) is 5.15. The van der Waals surface area contributed by atoms with Gasteiger partial charge in [0, 0.05) is 4.47 Å². The zero-order chi connectivity index (χ0) is 22.8. The topological polar surface area (TPSA) is 66.5 Å². The monoisotopic (exact) mass is 492 g/mol. The van der Waals surface area contributed by atoms with Gasteiger partial charge in [0.15, 0.2) is 0 Å². The standard InChI is InChI=1S/C25H18BrFN2O3/c1-15-5-2-3-8-22(15)29-24(31)20(23(30)28-25(29)32)13-17-9-10-18(21(26)14-17)11-16-6-4-7-19(27)12-16/h2-10,12-14H,11H2,1H3,(H,28,30,32)/b20-13+. The fraction of sp³-hybridized carbons (Fsp3) is 0.0800. The molecule has 4 amide bonds. The van der Waals surface area contributed by atoms with Crippen molar-refractivity contribution < 1.29 is 18.8 Å². The molecule has 0 bridgehead atoms. The van der Waals surface area contributed by atoms with Crippen LogP contribution in [0.3, 0.4) is 0 Å². The minimum atomic E-state index is -0.780. The zero-order valence-corrected chi connectivity index (χ0v) is 18.6. The first kappa shape index (κ1) is 21.6. The van der Waals surface area contributed by atoms with Crippen LogP contribution >= 0.6 is 15.9 Å². The average Bonchev–Trinajstić information content (AvgIpc) is 2.74. The van der Waals surface area contributed by atoms with E-state index in [1.807, 2.05) is 12.1 Å². The number of amides is 4. The number of hydrogen-bond donors (Lipinski definition) is 1. The average molecular weight is 493 g/mol. The molecule has 32 heavy (non-hydrogen) atoms. The van der Waals surface area contributed by atoms with Crippen LogP contribution in [0.15, 0.2) is 76.8 Å². The molecule has 4 rings (SSSR count). The van der Waals surface area contributed by atoms with Crippen molar-refractivity contribution in [3.8, 4) is 0 Å². The van der Waals surface area contributed by atoms with Crippen molar-refractivity contribution in [1.29, 1.82) is 0 Å². The lowest BCUT2D eigenvalue weighted by molar-refractivity contribution is -0.122. The van der Waals surface area contributed by atoms with Crippen molar-refractivity contribution in [1.82, 2.24) is 5.32 Å². The second-order valence-electron chi connectivity index (χ2n) is 7.40. The molecule has 0 aliphatic carbocycles. The number of nitrogens with zero attached hydrogens (tertiary/aromatic N) is 1. The van der Waals surface area contributed by atoms with Gasteiger partial charge in [-0.25, -0.2) is 14.1 Å². The largest absolute Gasteiger partial charge is 0.335 e. The summed E-state index contributed by atoms with van der Waals surface area (Å²) in [5.74, 6) is -1.73. The Balaban J connectivity index is 1.64. The molecule has 1 saturated heterocycles. The van der Waals surface area contributed by atoms with Crippen molar-refractivity contribution in [2.75, 3.05) is 4.90 Å². The molecule has 5 nitrogen and oxygen atoms in total. The third-order valence-electron chi connectivity index (χ3n) is 5.13. The highest BCUT2D eigenvalue weighted by atomic mass is 79.9. The van der Waals surface area contributed by atoms with E-state index in [1.54, 1.807) is 49.4 Å². The Labute approximate surface area is 192 Å². The number of imide groups is 2. The van der Waals surface area contributed by atoms with Crippen molar-refractivity contribution >= 4 is 45.5 Å². The van der Waals surface area contributed by atoms with E-state index in [-0.39, 0.29) is 11.4 Å². The van der Waals surface area contributed by atoms with Crippen LogP contribution in [0.25, 0.3) is 6.08 Å². The lowest BCUT2D eigenvalue weighted by atomic mass is 10.0. The highest BCUT2D eigenvalue weighted by Gasteiger charge is 2.37. The van der Waals surface area contributed by atoms with Crippen LogP contribution in [0.2, 0.25) is 0 Å². The van der Waals surface area contributed by atoms with Gasteiger partial charge in [-0.2, -0.15) is 0 Å². The molecule has 0 unspecified atom stereocenters. The van der Waals surface area contributed by atoms with Crippen LogP contribution in [0.4, 0.5) is 14.9 Å². The molecule has 1 fully saturated rings. The van der Waals surface area contributed by atoms with Gasteiger partial charge in [-0.05, 0) is 65.9 Å². The summed E-state index contributed by atoms with van der Waals surface area (Å²) < 4.78 is 14.2. The van der Waals surface area contributed by atoms with Crippen molar-refractivity contribution in [2.24, 2.45) is 0 Å². The predicted molar refractivity (Wildman–Crippen MR) is 124 cm³/mol. The van der Waals surface area contributed by atoms with E-state index < -0.39 is 17.8 Å². The van der Waals surface area contributed by atoms with Gasteiger partial charge < -0.3 is 0 Å². The van der Waals surface area contributed by atoms with Crippen molar-refractivity contribution in [2.45, 2.75) is 13.3 Å². The number of barbiturate groups is 1. The summed E-state index contributed by atoms with van der Waals surface area (Å²) in [7, 11) is 0. The Morgan fingerprint density at radius 2 is 1.78 bits per heavy atom. The highest BCUT2D eigenvalue weighted by Crippen LogP contribution is 2.27. The molecular formula is C25H18BrFN2O3. The van der Waals surface area contributed by atoms with E-state index in [4.69, 9.17) is 0 Å². The summed E-state index contributed by atoms with van der Waals surface area (Å²) >= 11 is 3.51. The number of aryl methyl sites for hydroxylation is 1. The minimum absolute atomic E-state index is 0.141. The van der Waals surface area contributed by atoms with E-state index in [9.17, 15) is 18.8 Å². The molecule has 1 heterocycles. The maximum Gasteiger partial charge on any atom is 0.335 e. The van der Waals surface area contributed by atoms with Crippen LogP contribution in [0, 0.1) is 12.7 Å². The van der Waals surface area contributed by atoms with Crippen LogP contribution in [0.1, 0.15) is 22.3 Å². The molecule has 3 aromatic carbocycles. The lowest BCUT2D eigenvalue weighted by Crippen LogP contribution is -2.54. The second-order valence-corrected chi connectivity index (χ2v) is 8.26. The summed E-state index contributed by atoms with van der Waals surface area (Å²) in [5, 5.41) is 2.23. The van der Waals surface area contributed by atoms with Gasteiger partial charge in [-0.3, -0.25) is 14.9 Å². The summed E-state index contributed by atoms with van der Waals surface area (Å²) in [6.45, 7) is 1.78. The molecule has 0 spiro atoms. The van der Waals surface area contributed by atoms with E-state index in [0.717, 1.165) is 26.1 Å². The third-order valence-corrected chi connectivity index (χ3v) is 5.87. The molecular weight excluding hydrogens is 475 g/mol. The molecule has 1 N–H and O–H groups in total. The fourth-order valence-corrected chi connectivity index (χ4v) is 4.06. The SMILES string of the molecule is Cc1ccccc1N1C(=O)NC(=O)/C(=C\c2ccc(Cc3cccc(F)c3)c(Br)c2)C1=O. The molecule has 1 aliphatic heterocycles. The number of para-hydroxylation sites is 1. The quantitative estimate of drug-likeness (QED) is 0.404. The number of carbonyl (C=O) groups is 3. The Morgan fingerprint density at radius 3 is 2.50 bits per heavy atom. The van der Waals surface area contributed by atoms with Gasteiger partial charge >= 0.3 is 6.03 Å². The van der Waals surface area contributed by atoms with Gasteiger partial charge in [0.2, 0.25) is 0 Å². The smallest absolute Gasteiger partial charge is 0.273 e. The third kappa shape index (κ3) is 4.38. The van der Waals surface area contributed by atoms with Crippen LogP contribution in [-0.4, -0.2) is 17.8 Å². The molecule has 0 aromatic heterocycles. The number of rotatable bonds is 4. The fourth-order valence-electron chi connectivity index (χ4n) is 3.52. The van der Waals surface area contributed by atoms with E-state index in [2.05, 4.69) is 21.2 Å². The first-order valence-electron chi connectivity index (χ1n) is 9.83. The number of halogens is 2. The zero-order valence-electron chi connectivity index (χ0n) is 17.1. The normalized spacial score (nSPS) is 15.3. The summed E-state index contributed by atoms with van der Waals surface area (Å²) in [4.78, 5) is 38.8.